The molecule has 4 aromatic carbocycles. The molecule has 0 fully saturated rings. The van der Waals surface area contributed by atoms with Crippen LogP contribution in [0.2, 0.25) is 0 Å². The van der Waals surface area contributed by atoms with E-state index in [9.17, 15) is 29.6 Å². The number of anilines is 1. The maximum Gasteiger partial charge on any atom is 0.272 e. The number of nitrogens with zero attached hydrogens (tertiary/aromatic N) is 1. The number of hydrogen-bond acceptors (Lipinski definition) is 8. The van der Waals surface area contributed by atoms with E-state index in [1.54, 1.807) is 60.7 Å². The van der Waals surface area contributed by atoms with Gasteiger partial charge in [0.2, 0.25) is 0 Å². The Balaban J connectivity index is 1.52. The molecule has 4 aromatic rings. The van der Waals surface area contributed by atoms with E-state index >= 15 is 0 Å². The second-order valence-corrected chi connectivity index (χ2v) is 9.85. The number of phenols is 1. The summed E-state index contributed by atoms with van der Waals surface area (Å²) in [6.07, 6.45) is 1.44. The monoisotopic (exact) mass is 583 g/mol. The van der Waals surface area contributed by atoms with E-state index < -0.39 is 16.7 Å². The first-order valence-corrected chi connectivity index (χ1v) is 13.5. The molecular formula is C31H25N3O7S. The highest BCUT2D eigenvalue weighted by Gasteiger charge is 2.17. The van der Waals surface area contributed by atoms with Gasteiger partial charge < -0.3 is 20.5 Å². The lowest BCUT2D eigenvalue weighted by atomic mass is 10.1. The summed E-state index contributed by atoms with van der Waals surface area (Å²) >= 11 is 1.21. The Hall–Kier alpha value is -5.42. The molecule has 0 bridgehead atoms. The predicted molar refractivity (Wildman–Crippen MR) is 160 cm³/mol. The Kier molecular flexibility index (Phi) is 9.69. The Labute approximate surface area is 245 Å². The Bertz CT molecular complexity index is 1670. The third kappa shape index (κ3) is 7.83. The van der Waals surface area contributed by atoms with Gasteiger partial charge >= 0.3 is 0 Å². The Morgan fingerprint density at radius 1 is 0.929 bits per heavy atom. The maximum absolute atomic E-state index is 13.4. The molecule has 212 valence electrons. The fraction of sp³-hybridized carbons (Fsp3) is 0.0645. The number of ketones is 1. The van der Waals surface area contributed by atoms with Crippen LogP contribution in [0.4, 0.5) is 11.4 Å². The molecule has 0 aliphatic heterocycles. The van der Waals surface area contributed by atoms with Gasteiger partial charge in [0.1, 0.15) is 17.2 Å². The molecular weight excluding hydrogens is 558 g/mol. The number of nitrogens with one attached hydrogen (secondary N) is 2. The highest BCUT2D eigenvalue weighted by molar-refractivity contribution is 8.00. The van der Waals surface area contributed by atoms with E-state index in [0.29, 0.717) is 27.5 Å². The molecule has 0 aliphatic carbocycles. The number of benzene rings is 4. The van der Waals surface area contributed by atoms with Gasteiger partial charge in [-0.1, -0.05) is 36.4 Å². The first kappa shape index (κ1) is 29.6. The molecule has 0 spiro atoms. The molecule has 0 radical (unpaired) electrons. The molecule has 42 heavy (non-hydrogen) atoms. The third-order valence-electron chi connectivity index (χ3n) is 5.89. The normalized spacial score (nSPS) is 10.9. The molecule has 0 unspecified atom stereocenters. The Morgan fingerprint density at radius 3 is 2.40 bits per heavy atom. The van der Waals surface area contributed by atoms with Crippen LogP contribution in [0, 0.1) is 10.1 Å². The van der Waals surface area contributed by atoms with Crippen molar-refractivity contribution in [3.8, 4) is 11.5 Å². The number of methoxy groups -OCH3 is 1. The lowest BCUT2D eigenvalue weighted by Crippen LogP contribution is -2.30. The van der Waals surface area contributed by atoms with E-state index in [4.69, 9.17) is 4.74 Å². The molecule has 0 saturated carbocycles. The standard InChI is InChI=1S/C31H25N3O7S/c1-41-29-18-25(35)14-13-22(29)16-27(33-30(37)20-7-3-2-4-8-20)31(38)32-23-10-6-12-26(17-23)42-19-28(36)21-9-5-11-24(15-21)34(39)40/h2-18,35H,19H2,1H3,(H,32,38)(H,33,37)/b27-16-. The van der Waals surface area contributed by atoms with Crippen LogP contribution < -0.4 is 15.4 Å². The summed E-state index contributed by atoms with van der Waals surface area (Å²) in [7, 11) is 1.42. The number of thioether (sulfide) groups is 1. The van der Waals surface area contributed by atoms with Crippen LogP contribution in [-0.2, 0) is 4.79 Å². The number of ether oxygens (including phenoxy) is 1. The summed E-state index contributed by atoms with van der Waals surface area (Å²) < 4.78 is 5.31. The number of carbonyl (C=O) groups is 3. The van der Waals surface area contributed by atoms with Gasteiger partial charge in [-0.2, -0.15) is 0 Å². The number of hydrogen-bond donors (Lipinski definition) is 3. The maximum atomic E-state index is 13.4. The molecule has 4 rings (SSSR count). The van der Waals surface area contributed by atoms with Gasteiger partial charge in [0, 0.05) is 45.5 Å². The zero-order chi connectivity index (χ0) is 30.1. The minimum Gasteiger partial charge on any atom is -0.508 e. The smallest absolute Gasteiger partial charge is 0.272 e. The van der Waals surface area contributed by atoms with Crippen LogP contribution in [0.5, 0.6) is 11.5 Å². The fourth-order valence-corrected chi connectivity index (χ4v) is 4.65. The number of nitro groups is 1. The number of amides is 2. The average molecular weight is 584 g/mol. The van der Waals surface area contributed by atoms with Crippen molar-refractivity contribution in [2.75, 3.05) is 18.2 Å². The van der Waals surface area contributed by atoms with Crippen molar-refractivity contribution < 1.29 is 29.2 Å². The average Bonchev–Trinajstić information content (AvgIpc) is 3.00. The van der Waals surface area contributed by atoms with Crippen LogP contribution in [0.15, 0.2) is 108 Å². The van der Waals surface area contributed by atoms with Crippen molar-refractivity contribution in [3.05, 3.63) is 130 Å². The first-order chi connectivity index (χ1) is 20.2. The summed E-state index contributed by atoms with van der Waals surface area (Å²) in [6.45, 7) is 0. The largest absolute Gasteiger partial charge is 0.508 e. The Morgan fingerprint density at radius 2 is 1.67 bits per heavy atom. The van der Waals surface area contributed by atoms with Crippen molar-refractivity contribution in [1.29, 1.82) is 0 Å². The quantitative estimate of drug-likeness (QED) is 0.0670. The first-order valence-electron chi connectivity index (χ1n) is 12.5. The number of aromatic hydroxyl groups is 1. The summed E-state index contributed by atoms with van der Waals surface area (Å²) in [5.41, 5.74) is 1.19. The number of phenolic OH excluding ortho intramolecular Hbond substituents is 1. The summed E-state index contributed by atoms with van der Waals surface area (Å²) in [4.78, 5) is 50.1. The molecule has 0 heterocycles. The lowest BCUT2D eigenvalue weighted by molar-refractivity contribution is -0.384. The molecule has 10 nitrogen and oxygen atoms in total. The van der Waals surface area contributed by atoms with Gasteiger partial charge in [0.05, 0.1) is 17.8 Å². The number of rotatable bonds is 11. The van der Waals surface area contributed by atoms with Gasteiger partial charge in [0.25, 0.3) is 17.5 Å². The molecule has 0 aliphatic rings. The zero-order valence-electron chi connectivity index (χ0n) is 22.3. The van der Waals surface area contributed by atoms with E-state index in [1.165, 1.54) is 61.3 Å². The summed E-state index contributed by atoms with van der Waals surface area (Å²) in [6, 6.07) is 25.1. The molecule has 0 atom stereocenters. The second-order valence-electron chi connectivity index (χ2n) is 8.81. The van der Waals surface area contributed by atoms with Crippen molar-refractivity contribution in [1.82, 2.24) is 5.32 Å². The van der Waals surface area contributed by atoms with Crippen LogP contribution in [-0.4, -0.2) is 40.5 Å². The predicted octanol–water partition coefficient (Wildman–Crippen LogP) is 5.69. The van der Waals surface area contributed by atoms with Crippen LogP contribution in [0.25, 0.3) is 6.08 Å². The number of non-ortho nitro benzene ring substituents is 1. The molecule has 0 aromatic heterocycles. The lowest BCUT2D eigenvalue weighted by Gasteiger charge is -2.13. The van der Waals surface area contributed by atoms with Crippen LogP contribution in [0.1, 0.15) is 26.3 Å². The van der Waals surface area contributed by atoms with E-state index in [2.05, 4.69) is 10.6 Å². The molecule has 3 N–H and O–H groups in total. The van der Waals surface area contributed by atoms with Crippen molar-refractivity contribution in [2.45, 2.75) is 4.90 Å². The number of nitro benzene ring substituents is 1. The topological polar surface area (TPSA) is 148 Å². The minimum absolute atomic E-state index is 0.0253. The van der Waals surface area contributed by atoms with Gasteiger partial charge in [0.15, 0.2) is 5.78 Å². The van der Waals surface area contributed by atoms with E-state index in [0.717, 1.165) is 0 Å². The molecule has 2 amide bonds. The summed E-state index contributed by atoms with van der Waals surface area (Å²) in [5, 5.41) is 26.2. The van der Waals surface area contributed by atoms with Crippen LogP contribution in [0.3, 0.4) is 0 Å². The highest BCUT2D eigenvalue weighted by atomic mass is 32.2. The molecule has 0 saturated heterocycles. The number of carbonyl (C=O) groups excluding carboxylic acids is 3. The van der Waals surface area contributed by atoms with Crippen molar-refractivity contribution in [2.24, 2.45) is 0 Å². The van der Waals surface area contributed by atoms with Gasteiger partial charge in [-0.05, 0) is 48.5 Å². The van der Waals surface area contributed by atoms with Gasteiger partial charge in [-0.3, -0.25) is 24.5 Å². The number of Topliss-reactive ketones (excluding diaryl/α,β-unsaturated/α-hetero) is 1. The SMILES string of the molecule is COc1cc(O)ccc1/C=C(\NC(=O)c1ccccc1)C(=O)Nc1cccc(SCC(=O)c2cccc([N+](=O)[O-])c2)c1. The van der Waals surface area contributed by atoms with Crippen LogP contribution >= 0.6 is 11.8 Å². The highest BCUT2D eigenvalue weighted by Crippen LogP contribution is 2.27. The van der Waals surface area contributed by atoms with Crippen molar-refractivity contribution >= 4 is 46.8 Å². The van der Waals surface area contributed by atoms with E-state index in [-0.39, 0.29) is 34.2 Å². The van der Waals surface area contributed by atoms with E-state index in [1.807, 2.05) is 0 Å². The minimum atomic E-state index is -0.621. The van der Waals surface area contributed by atoms with Gasteiger partial charge in [-0.15, -0.1) is 11.8 Å². The molecule has 11 heteroatoms. The second kappa shape index (κ2) is 13.8. The fourth-order valence-electron chi connectivity index (χ4n) is 3.80. The van der Waals surface area contributed by atoms with Gasteiger partial charge in [-0.25, -0.2) is 0 Å². The zero-order valence-corrected chi connectivity index (χ0v) is 23.1. The summed E-state index contributed by atoms with van der Waals surface area (Å²) in [5.74, 6) is -1.11. The van der Waals surface area contributed by atoms with Crippen molar-refractivity contribution in [3.63, 3.8) is 0 Å². The third-order valence-corrected chi connectivity index (χ3v) is 6.88.